The van der Waals surface area contributed by atoms with Gasteiger partial charge < -0.3 is 14.6 Å². The number of hydrogen-bond donors (Lipinski definition) is 1. The van der Waals surface area contributed by atoms with Gasteiger partial charge in [-0.3, -0.25) is 0 Å². The van der Waals surface area contributed by atoms with Gasteiger partial charge in [0, 0.05) is 38.7 Å². The van der Waals surface area contributed by atoms with E-state index in [0.717, 1.165) is 25.5 Å². The van der Waals surface area contributed by atoms with E-state index in [9.17, 15) is 0 Å². The monoisotopic (exact) mass is 237 g/mol. The first kappa shape index (κ1) is 12.4. The van der Waals surface area contributed by atoms with Gasteiger partial charge in [-0.05, 0) is 19.3 Å². The van der Waals surface area contributed by atoms with Crippen molar-refractivity contribution in [3.63, 3.8) is 0 Å². The third kappa shape index (κ3) is 3.46. The third-order valence-corrected chi connectivity index (χ3v) is 3.45. The minimum atomic E-state index is 0.649. The zero-order valence-electron chi connectivity index (χ0n) is 10.7. The Hall–Kier alpha value is -1.03. The highest BCUT2D eigenvalue weighted by molar-refractivity contribution is 5.26. The summed E-state index contributed by atoms with van der Waals surface area (Å²) in [7, 11) is 1.74. The van der Waals surface area contributed by atoms with Crippen molar-refractivity contribution in [1.82, 2.24) is 9.55 Å². The van der Waals surface area contributed by atoms with Crippen LogP contribution in [0.15, 0.2) is 12.4 Å². The summed E-state index contributed by atoms with van der Waals surface area (Å²) >= 11 is 0. The molecule has 0 saturated heterocycles. The van der Waals surface area contributed by atoms with Gasteiger partial charge in [0.05, 0.1) is 0 Å². The summed E-state index contributed by atoms with van der Waals surface area (Å²) in [5.41, 5.74) is 0. The first-order valence-corrected chi connectivity index (χ1v) is 6.67. The van der Waals surface area contributed by atoms with E-state index in [2.05, 4.69) is 21.1 Å². The number of methoxy groups -OCH3 is 1. The molecule has 1 fully saturated rings. The molecule has 2 rings (SSSR count). The van der Waals surface area contributed by atoms with Crippen molar-refractivity contribution in [2.24, 2.45) is 0 Å². The number of nitrogens with zero attached hydrogens (tertiary/aromatic N) is 2. The van der Waals surface area contributed by atoms with Crippen LogP contribution in [0, 0.1) is 0 Å². The molecule has 96 valence electrons. The van der Waals surface area contributed by atoms with Crippen LogP contribution in [-0.2, 0) is 4.74 Å². The number of aromatic nitrogens is 2. The lowest BCUT2D eigenvalue weighted by Crippen LogP contribution is -2.16. The molecular formula is C13H23N3O. The Bertz CT molecular complexity index is 318. The Morgan fingerprint density at radius 1 is 1.41 bits per heavy atom. The summed E-state index contributed by atoms with van der Waals surface area (Å²) in [4.78, 5) is 4.40. The Morgan fingerprint density at radius 3 is 3.00 bits per heavy atom. The van der Waals surface area contributed by atoms with Crippen LogP contribution in [0.25, 0.3) is 0 Å². The molecule has 1 heterocycles. The maximum atomic E-state index is 5.04. The molecule has 1 saturated carbocycles. The maximum absolute atomic E-state index is 5.04. The predicted molar refractivity (Wildman–Crippen MR) is 69.3 cm³/mol. The fourth-order valence-corrected chi connectivity index (χ4v) is 2.52. The van der Waals surface area contributed by atoms with Gasteiger partial charge in [0.1, 0.15) is 0 Å². The molecule has 0 aromatic carbocycles. The van der Waals surface area contributed by atoms with Crippen LogP contribution in [0.2, 0.25) is 0 Å². The minimum absolute atomic E-state index is 0.649. The number of imidazole rings is 1. The van der Waals surface area contributed by atoms with Crippen molar-refractivity contribution in [2.75, 3.05) is 25.6 Å². The van der Waals surface area contributed by atoms with Crippen LogP contribution in [0.5, 0.6) is 0 Å². The van der Waals surface area contributed by atoms with Crippen molar-refractivity contribution in [3.8, 4) is 0 Å². The Kier molecular flexibility index (Phi) is 4.86. The smallest absolute Gasteiger partial charge is 0.203 e. The number of rotatable bonds is 6. The highest BCUT2D eigenvalue weighted by Gasteiger charge is 2.17. The van der Waals surface area contributed by atoms with Crippen molar-refractivity contribution < 1.29 is 4.74 Å². The molecular weight excluding hydrogens is 214 g/mol. The van der Waals surface area contributed by atoms with Crippen LogP contribution in [0.4, 0.5) is 5.95 Å². The summed E-state index contributed by atoms with van der Waals surface area (Å²) in [6.07, 6.45) is 11.7. The second-order valence-corrected chi connectivity index (χ2v) is 4.72. The number of nitrogens with one attached hydrogen (secondary N) is 1. The zero-order valence-corrected chi connectivity index (χ0v) is 10.7. The van der Waals surface area contributed by atoms with E-state index in [1.807, 2.05) is 6.20 Å². The quantitative estimate of drug-likeness (QED) is 0.773. The topological polar surface area (TPSA) is 39.1 Å². The average Bonchev–Trinajstić information content (AvgIpc) is 2.84. The van der Waals surface area contributed by atoms with Crippen LogP contribution < -0.4 is 5.32 Å². The first-order valence-electron chi connectivity index (χ1n) is 6.67. The second kappa shape index (κ2) is 6.64. The number of anilines is 1. The van der Waals surface area contributed by atoms with Crippen molar-refractivity contribution in [3.05, 3.63) is 12.4 Å². The predicted octanol–water partition coefficient (Wildman–Crippen LogP) is 2.84. The standard InChI is InChI=1S/C13H23N3O/c1-17-11-5-8-14-13-15-9-10-16(13)12-6-3-2-4-7-12/h9-10,12H,2-8,11H2,1H3,(H,14,15). The molecule has 0 amide bonds. The van der Waals surface area contributed by atoms with Crippen molar-refractivity contribution in [1.29, 1.82) is 0 Å². The van der Waals surface area contributed by atoms with Crippen molar-refractivity contribution in [2.45, 2.75) is 44.6 Å². The van der Waals surface area contributed by atoms with E-state index >= 15 is 0 Å². The summed E-state index contributed by atoms with van der Waals surface area (Å²) in [5, 5.41) is 3.40. The molecule has 0 radical (unpaired) electrons. The van der Waals surface area contributed by atoms with E-state index in [0.29, 0.717) is 6.04 Å². The molecule has 17 heavy (non-hydrogen) atoms. The molecule has 1 aliphatic carbocycles. The van der Waals surface area contributed by atoms with E-state index in [1.165, 1.54) is 32.1 Å². The highest BCUT2D eigenvalue weighted by atomic mass is 16.5. The Balaban J connectivity index is 1.87. The van der Waals surface area contributed by atoms with Gasteiger partial charge in [-0.1, -0.05) is 19.3 Å². The van der Waals surface area contributed by atoms with E-state index in [4.69, 9.17) is 4.74 Å². The van der Waals surface area contributed by atoms with Gasteiger partial charge in [-0.25, -0.2) is 4.98 Å². The lowest BCUT2D eigenvalue weighted by atomic mass is 9.95. The largest absolute Gasteiger partial charge is 0.385 e. The molecule has 1 aliphatic rings. The van der Waals surface area contributed by atoms with Crippen LogP contribution in [-0.4, -0.2) is 29.8 Å². The van der Waals surface area contributed by atoms with E-state index in [-0.39, 0.29) is 0 Å². The number of ether oxygens (including phenoxy) is 1. The molecule has 1 aromatic rings. The molecule has 0 atom stereocenters. The Morgan fingerprint density at radius 2 is 2.24 bits per heavy atom. The zero-order chi connectivity index (χ0) is 11.9. The maximum Gasteiger partial charge on any atom is 0.203 e. The normalized spacial score (nSPS) is 17.2. The molecule has 1 aromatic heterocycles. The molecule has 0 unspecified atom stereocenters. The fourth-order valence-electron chi connectivity index (χ4n) is 2.52. The molecule has 1 N–H and O–H groups in total. The minimum Gasteiger partial charge on any atom is -0.385 e. The molecule has 0 aliphatic heterocycles. The van der Waals surface area contributed by atoms with Gasteiger partial charge in [0.25, 0.3) is 0 Å². The van der Waals surface area contributed by atoms with Gasteiger partial charge in [-0.15, -0.1) is 0 Å². The Labute approximate surface area is 103 Å². The lowest BCUT2D eigenvalue weighted by Gasteiger charge is -2.24. The summed E-state index contributed by atoms with van der Waals surface area (Å²) < 4.78 is 7.35. The molecule has 4 heteroatoms. The molecule has 0 bridgehead atoms. The van der Waals surface area contributed by atoms with Crippen LogP contribution in [0.1, 0.15) is 44.6 Å². The molecule has 0 spiro atoms. The third-order valence-electron chi connectivity index (χ3n) is 3.45. The van der Waals surface area contributed by atoms with Gasteiger partial charge >= 0.3 is 0 Å². The van der Waals surface area contributed by atoms with Crippen LogP contribution >= 0.6 is 0 Å². The van der Waals surface area contributed by atoms with E-state index < -0.39 is 0 Å². The van der Waals surface area contributed by atoms with Gasteiger partial charge in [0.15, 0.2) is 0 Å². The van der Waals surface area contributed by atoms with Gasteiger partial charge in [0.2, 0.25) is 5.95 Å². The summed E-state index contributed by atoms with van der Waals surface area (Å²) in [5.74, 6) is 1.02. The lowest BCUT2D eigenvalue weighted by molar-refractivity contribution is 0.197. The second-order valence-electron chi connectivity index (χ2n) is 4.72. The summed E-state index contributed by atoms with van der Waals surface area (Å²) in [6.45, 7) is 1.73. The highest BCUT2D eigenvalue weighted by Crippen LogP contribution is 2.29. The van der Waals surface area contributed by atoms with E-state index in [1.54, 1.807) is 7.11 Å². The van der Waals surface area contributed by atoms with Crippen molar-refractivity contribution >= 4 is 5.95 Å². The first-order chi connectivity index (χ1) is 8.42. The summed E-state index contributed by atoms with van der Waals surface area (Å²) in [6, 6.07) is 0.649. The molecule has 4 nitrogen and oxygen atoms in total. The SMILES string of the molecule is COCCCNc1nccn1C1CCCCC1. The number of hydrogen-bond acceptors (Lipinski definition) is 3. The van der Waals surface area contributed by atoms with Crippen LogP contribution in [0.3, 0.4) is 0 Å². The fraction of sp³-hybridized carbons (Fsp3) is 0.769. The average molecular weight is 237 g/mol. The van der Waals surface area contributed by atoms with Gasteiger partial charge in [-0.2, -0.15) is 0 Å².